The van der Waals surface area contributed by atoms with Gasteiger partial charge in [-0.2, -0.15) is 10.2 Å². The number of Topliss-reactive ketones (excluding diaryl/α,β-unsaturated/α-hetero) is 2. The number of rotatable bonds is 6. The first-order chi connectivity index (χ1) is 11.5. The maximum absolute atomic E-state index is 12.5. The minimum atomic E-state index is -1.60. The normalized spacial score (nSPS) is 11.9. The second-order valence-corrected chi connectivity index (χ2v) is 5.12. The second-order valence-electron chi connectivity index (χ2n) is 4.68. The quantitative estimate of drug-likeness (QED) is 0.264. The fourth-order valence-electron chi connectivity index (χ4n) is 1.83. The molecule has 1 atom stereocenters. The third kappa shape index (κ3) is 4.33. The lowest BCUT2D eigenvalue weighted by Gasteiger charge is -2.08. The molecule has 0 spiro atoms. The molecule has 0 heterocycles. The van der Waals surface area contributed by atoms with Gasteiger partial charge in [-0.3, -0.25) is 9.59 Å². The van der Waals surface area contributed by atoms with Gasteiger partial charge in [0.2, 0.25) is 6.04 Å². The highest BCUT2D eigenvalue weighted by Crippen LogP contribution is 2.18. The molecule has 0 aromatic heterocycles. The van der Waals surface area contributed by atoms with E-state index in [0.29, 0.717) is 10.7 Å². The Morgan fingerprint density at radius 3 is 2.21 bits per heavy atom. The lowest BCUT2D eigenvalue weighted by atomic mass is 10.0. The lowest BCUT2D eigenvalue weighted by Crippen LogP contribution is -2.34. The summed E-state index contributed by atoms with van der Waals surface area (Å²) in [6, 6.07) is 12.8. The van der Waals surface area contributed by atoms with Gasteiger partial charge in [0, 0.05) is 10.6 Å². The predicted octanol–water partition coefficient (Wildman–Crippen LogP) is 3.42. The van der Waals surface area contributed by atoms with Crippen molar-refractivity contribution < 1.29 is 19.1 Å². The van der Waals surface area contributed by atoms with E-state index in [1.54, 1.807) is 42.5 Å². The fraction of sp³-hybridized carbons (Fsp3) is 0.118. The van der Waals surface area contributed by atoms with Crippen LogP contribution in [0.15, 0.2) is 64.8 Å². The van der Waals surface area contributed by atoms with Crippen molar-refractivity contribution in [2.24, 2.45) is 10.2 Å². The number of carbonyl (C=O) groups is 3. The van der Waals surface area contributed by atoms with Crippen molar-refractivity contribution in [2.75, 3.05) is 7.11 Å². The Morgan fingerprint density at radius 1 is 1.00 bits per heavy atom. The van der Waals surface area contributed by atoms with Gasteiger partial charge in [-0.1, -0.05) is 41.9 Å². The first-order valence-electron chi connectivity index (χ1n) is 6.90. The molecule has 0 saturated carbocycles. The topological polar surface area (TPSA) is 85.2 Å². The summed E-state index contributed by atoms with van der Waals surface area (Å²) < 4.78 is 4.39. The number of nitrogens with zero attached hydrogens (tertiary/aromatic N) is 2. The van der Waals surface area contributed by atoms with Gasteiger partial charge in [-0.05, 0) is 24.3 Å². The number of ether oxygens (including phenoxy) is 1. The molecule has 0 aliphatic rings. The Bertz CT molecular complexity index is 773. The Hall–Kier alpha value is -2.86. The van der Waals surface area contributed by atoms with Crippen molar-refractivity contribution in [1.29, 1.82) is 0 Å². The third-order valence-electron chi connectivity index (χ3n) is 3.06. The average molecular weight is 345 g/mol. The highest BCUT2D eigenvalue weighted by atomic mass is 35.5. The Kier molecular flexibility index (Phi) is 5.92. The molecule has 0 radical (unpaired) electrons. The maximum atomic E-state index is 12.5. The molecule has 7 heteroatoms. The van der Waals surface area contributed by atoms with E-state index in [1.165, 1.54) is 12.1 Å². The van der Waals surface area contributed by atoms with E-state index in [4.69, 9.17) is 11.6 Å². The van der Waals surface area contributed by atoms with Crippen LogP contribution in [-0.4, -0.2) is 30.7 Å². The van der Waals surface area contributed by atoms with E-state index >= 15 is 0 Å². The summed E-state index contributed by atoms with van der Waals surface area (Å²) in [5.41, 5.74) is 0.637. The third-order valence-corrected chi connectivity index (χ3v) is 3.31. The number of halogens is 1. The largest absolute Gasteiger partial charge is 0.463 e. The molecule has 1 unspecified atom stereocenters. The first-order valence-corrected chi connectivity index (χ1v) is 7.28. The van der Waals surface area contributed by atoms with E-state index in [0.717, 1.165) is 7.11 Å². The monoisotopic (exact) mass is 344 g/mol. The number of carbonyl (C=O) groups excluding carboxylic acids is 3. The number of ketones is 2. The summed E-state index contributed by atoms with van der Waals surface area (Å²) in [5.74, 6) is -2.87. The van der Waals surface area contributed by atoms with E-state index in [-0.39, 0.29) is 5.56 Å². The maximum Gasteiger partial charge on any atom is 0.377 e. The molecule has 0 aliphatic heterocycles. The average Bonchev–Trinajstić information content (AvgIpc) is 2.63. The molecule has 122 valence electrons. The zero-order chi connectivity index (χ0) is 17.5. The van der Waals surface area contributed by atoms with Gasteiger partial charge in [0.25, 0.3) is 5.78 Å². The van der Waals surface area contributed by atoms with Crippen molar-refractivity contribution in [3.63, 3.8) is 0 Å². The van der Waals surface area contributed by atoms with E-state index in [1.807, 2.05) is 0 Å². The van der Waals surface area contributed by atoms with E-state index < -0.39 is 23.6 Å². The number of hydrogen-bond acceptors (Lipinski definition) is 6. The summed E-state index contributed by atoms with van der Waals surface area (Å²) in [6.07, 6.45) is 0. The minimum absolute atomic E-state index is 0.245. The number of esters is 1. The van der Waals surface area contributed by atoms with E-state index in [9.17, 15) is 14.4 Å². The molecule has 0 aliphatic carbocycles. The fourth-order valence-corrected chi connectivity index (χ4v) is 1.95. The van der Waals surface area contributed by atoms with Crippen molar-refractivity contribution in [2.45, 2.75) is 6.04 Å². The minimum Gasteiger partial charge on any atom is -0.463 e. The van der Waals surface area contributed by atoms with Crippen LogP contribution >= 0.6 is 11.6 Å². The molecule has 0 amide bonds. The van der Waals surface area contributed by atoms with Gasteiger partial charge in [-0.15, -0.1) is 0 Å². The molecule has 0 bridgehead atoms. The zero-order valence-corrected chi connectivity index (χ0v) is 13.4. The molecule has 6 nitrogen and oxygen atoms in total. The van der Waals surface area contributed by atoms with Crippen LogP contribution in [0.3, 0.4) is 0 Å². The van der Waals surface area contributed by atoms with Crippen LogP contribution in [0.5, 0.6) is 0 Å². The smallest absolute Gasteiger partial charge is 0.377 e. The number of azo groups is 1. The standard InChI is InChI=1S/C17H13ClN2O4/c1-24-17(23)16(22)14(15(21)11-5-3-2-4-6-11)20-19-13-9-7-12(18)8-10-13/h2-10,14H,1H3. The van der Waals surface area contributed by atoms with Crippen molar-refractivity contribution in [1.82, 2.24) is 0 Å². The molecule has 2 rings (SSSR count). The summed E-state index contributed by atoms with van der Waals surface area (Å²) in [4.78, 5) is 36.1. The second kappa shape index (κ2) is 8.12. The zero-order valence-electron chi connectivity index (χ0n) is 12.7. The molecule has 0 saturated heterocycles. The number of hydrogen-bond donors (Lipinski definition) is 0. The van der Waals surface area contributed by atoms with Gasteiger partial charge in [0.1, 0.15) is 0 Å². The van der Waals surface area contributed by atoms with Crippen LogP contribution in [0, 0.1) is 0 Å². The molecule has 0 fully saturated rings. The van der Waals surface area contributed by atoms with Crippen LogP contribution in [0.25, 0.3) is 0 Å². The predicted molar refractivity (Wildman–Crippen MR) is 87.6 cm³/mol. The Labute approximate surface area is 143 Å². The first kappa shape index (κ1) is 17.5. The van der Waals surface area contributed by atoms with Crippen LogP contribution in [0.4, 0.5) is 5.69 Å². The van der Waals surface area contributed by atoms with Crippen molar-refractivity contribution >= 4 is 34.8 Å². The van der Waals surface area contributed by atoms with Gasteiger partial charge in [0.05, 0.1) is 12.8 Å². The number of benzene rings is 2. The molecular formula is C17H13ClN2O4. The Morgan fingerprint density at radius 2 is 1.62 bits per heavy atom. The summed E-state index contributed by atoms with van der Waals surface area (Å²) in [7, 11) is 1.06. The number of methoxy groups -OCH3 is 1. The lowest BCUT2D eigenvalue weighted by molar-refractivity contribution is -0.151. The van der Waals surface area contributed by atoms with Crippen LogP contribution in [0.1, 0.15) is 10.4 Å². The summed E-state index contributed by atoms with van der Waals surface area (Å²) in [5, 5.41) is 8.11. The molecule has 2 aromatic rings. The SMILES string of the molecule is COC(=O)C(=O)C(N=Nc1ccc(Cl)cc1)C(=O)c1ccccc1. The molecule has 0 N–H and O–H groups in total. The van der Waals surface area contributed by atoms with Gasteiger partial charge >= 0.3 is 5.97 Å². The van der Waals surface area contributed by atoms with Crippen LogP contribution in [-0.2, 0) is 14.3 Å². The molecule has 24 heavy (non-hydrogen) atoms. The van der Waals surface area contributed by atoms with Crippen molar-refractivity contribution in [3.05, 3.63) is 65.2 Å². The molecular weight excluding hydrogens is 332 g/mol. The highest BCUT2D eigenvalue weighted by molar-refractivity contribution is 6.41. The van der Waals surface area contributed by atoms with Crippen LogP contribution < -0.4 is 0 Å². The van der Waals surface area contributed by atoms with Gasteiger partial charge < -0.3 is 4.74 Å². The summed E-state index contributed by atoms with van der Waals surface area (Å²) >= 11 is 5.77. The summed E-state index contributed by atoms with van der Waals surface area (Å²) in [6.45, 7) is 0. The highest BCUT2D eigenvalue weighted by Gasteiger charge is 2.33. The van der Waals surface area contributed by atoms with Crippen LogP contribution in [0.2, 0.25) is 5.02 Å². The van der Waals surface area contributed by atoms with Gasteiger partial charge in [-0.25, -0.2) is 4.79 Å². The molecule has 2 aromatic carbocycles. The van der Waals surface area contributed by atoms with Crippen molar-refractivity contribution in [3.8, 4) is 0 Å². The van der Waals surface area contributed by atoms with E-state index in [2.05, 4.69) is 15.0 Å². The Balaban J connectivity index is 2.32. The van der Waals surface area contributed by atoms with Gasteiger partial charge in [0.15, 0.2) is 5.78 Å².